The van der Waals surface area contributed by atoms with Crippen LogP contribution >= 0.6 is 0 Å². The second-order valence-corrected chi connectivity index (χ2v) is 20.8. The topological polar surface area (TPSA) is 105 Å². The van der Waals surface area contributed by atoms with E-state index in [0.717, 1.165) is 50.9 Å². The maximum absolute atomic E-state index is 12.6. The fourth-order valence-electron chi connectivity index (χ4n) is 12.7. The molecular weight excluding hydrogens is 725 g/mol. The lowest BCUT2D eigenvalue weighted by molar-refractivity contribution is -0.316. The summed E-state index contributed by atoms with van der Waals surface area (Å²) >= 11 is 0. The average Bonchev–Trinajstić information content (AvgIpc) is 3.56. The Morgan fingerprint density at radius 3 is 2.05 bits per heavy atom. The molecule has 3 saturated carbocycles. The van der Waals surface area contributed by atoms with Crippen molar-refractivity contribution in [1.29, 1.82) is 0 Å². The Kier molecular flexibility index (Phi) is 18.7. The van der Waals surface area contributed by atoms with Crippen LogP contribution in [0.4, 0.5) is 0 Å². The summed E-state index contributed by atoms with van der Waals surface area (Å²) in [5.41, 5.74) is 2.35. The molecule has 3 N–H and O–H groups in total. The number of esters is 1. The monoisotopic (exact) mass is 813 g/mol. The molecule has 1 aliphatic heterocycles. The molecule has 14 atom stereocenters. The molecule has 0 radical (unpaired) electrons. The highest BCUT2D eigenvalue weighted by molar-refractivity contribution is 5.69. The largest absolute Gasteiger partial charge is 0.463 e. The van der Waals surface area contributed by atoms with Crippen LogP contribution in [0.3, 0.4) is 0 Å². The maximum atomic E-state index is 12.6. The smallest absolute Gasteiger partial charge is 0.305 e. The minimum absolute atomic E-state index is 0.107. The molecule has 334 valence electrons. The predicted molar refractivity (Wildman–Crippen MR) is 235 cm³/mol. The van der Waals surface area contributed by atoms with Crippen LogP contribution in [0.5, 0.6) is 0 Å². The number of carbonyl (C=O) groups is 1. The second-order valence-electron chi connectivity index (χ2n) is 20.8. The lowest BCUT2D eigenvalue weighted by Crippen LogP contribution is -2.60. The van der Waals surface area contributed by atoms with Crippen molar-refractivity contribution >= 4 is 5.97 Å². The summed E-state index contributed by atoms with van der Waals surface area (Å²) < 4.78 is 18.0. The van der Waals surface area contributed by atoms with Gasteiger partial charge in [0.05, 0.1) is 6.10 Å². The zero-order chi connectivity index (χ0) is 41.9. The van der Waals surface area contributed by atoms with Crippen molar-refractivity contribution in [3.05, 3.63) is 23.8 Å². The SMILES string of the molecule is CCCCCCCCCCCCCCCC(=O)OC[C@H]1O[C@@H](O[C@H]2CC[C@@]3(C)[C@@H](CC=C4[C@@H]3CC[C@]3(C)[C@@H]([C@H](C)/C=C/[C@@H](CC)C(C)C)CC[C@@H]43)C2)[C@H](O)[C@@H](O)[C@@H]1O. The first-order valence-corrected chi connectivity index (χ1v) is 24.7. The van der Waals surface area contributed by atoms with Gasteiger partial charge in [0.1, 0.15) is 31.0 Å². The number of allylic oxidation sites excluding steroid dienone is 4. The molecule has 0 spiro atoms. The van der Waals surface area contributed by atoms with Crippen LogP contribution in [0, 0.1) is 52.3 Å². The third kappa shape index (κ3) is 11.8. The average molecular weight is 813 g/mol. The summed E-state index contributed by atoms with van der Waals surface area (Å²) in [5, 5.41) is 32.5. The minimum Gasteiger partial charge on any atom is -0.463 e. The summed E-state index contributed by atoms with van der Waals surface area (Å²) in [6.45, 7) is 16.7. The van der Waals surface area contributed by atoms with E-state index in [-0.39, 0.29) is 24.1 Å². The highest BCUT2D eigenvalue weighted by Gasteiger charge is 2.58. The van der Waals surface area contributed by atoms with Gasteiger partial charge >= 0.3 is 5.97 Å². The first kappa shape index (κ1) is 47.8. The molecule has 0 bridgehead atoms. The Labute approximate surface area is 354 Å². The fraction of sp³-hybridized carbons (Fsp3) is 0.902. The van der Waals surface area contributed by atoms with Crippen LogP contribution in [0.2, 0.25) is 0 Å². The van der Waals surface area contributed by atoms with Gasteiger partial charge in [0.2, 0.25) is 0 Å². The number of rotatable bonds is 23. The third-order valence-corrected chi connectivity index (χ3v) is 16.6. The predicted octanol–water partition coefficient (Wildman–Crippen LogP) is 11.7. The van der Waals surface area contributed by atoms with Crippen LogP contribution in [0.1, 0.15) is 196 Å². The van der Waals surface area contributed by atoms with E-state index in [1.54, 1.807) is 5.57 Å². The van der Waals surface area contributed by atoms with Gasteiger partial charge in [0.25, 0.3) is 0 Å². The summed E-state index contributed by atoms with van der Waals surface area (Å²) in [4.78, 5) is 12.6. The van der Waals surface area contributed by atoms with Gasteiger partial charge in [-0.25, -0.2) is 0 Å². The third-order valence-electron chi connectivity index (χ3n) is 16.6. The van der Waals surface area contributed by atoms with Gasteiger partial charge in [0.15, 0.2) is 6.29 Å². The van der Waals surface area contributed by atoms with Crippen molar-refractivity contribution < 1.29 is 34.3 Å². The quantitative estimate of drug-likeness (QED) is 0.0536. The van der Waals surface area contributed by atoms with Gasteiger partial charge < -0.3 is 29.5 Å². The van der Waals surface area contributed by atoms with Crippen molar-refractivity contribution in [2.75, 3.05) is 6.61 Å². The van der Waals surface area contributed by atoms with Gasteiger partial charge in [0, 0.05) is 6.42 Å². The molecule has 4 aliphatic carbocycles. The van der Waals surface area contributed by atoms with Crippen LogP contribution in [0.25, 0.3) is 0 Å². The van der Waals surface area contributed by atoms with Crippen LogP contribution in [0.15, 0.2) is 23.8 Å². The summed E-state index contributed by atoms with van der Waals surface area (Å²) in [5.74, 6) is 4.18. The molecule has 0 amide bonds. The highest BCUT2D eigenvalue weighted by Crippen LogP contribution is 2.67. The molecule has 5 rings (SSSR count). The number of hydrogen-bond donors (Lipinski definition) is 3. The lowest BCUT2D eigenvalue weighted by atomic mass is 9.47. The number of aliphatic hydroxyl groups excluding tert-OH is 3. The van der Waals surface area contributed by atoms with Crippen molar-refractivity contribution in [3.63, 3.8) is 0 Å². The van der Waals surface area contributed by atoms with Gasteiger partial charge in [-0.05, 0) is 116 Å². The molecule has 0 aromatic carbocycles. The Morgan fingerprint density at radius 1 is 0.793 bits per heavy atom. The number of hydrogen-bond acceptors (Lipinski definition) is 7. The summed E-state index contributed by atoms with van der Waals surface area (Å²) in [6, 6.07) is 0. The van der Waals surface area contributed by atoms with E-state index in [1.807, 2.05) is 0 Å². The second kappa shape index (κ2) is 22.7. The van der Waals surface area contributed by atoms with Gasteiger partial charge in [-0.1, -0.05) is 149 Å². The first-order valence-electron chi connectivity index (χ1n) is 24.7. The Morgan fingerprint density at radius 2 is 1.41 bits per heavy atom. The van der Waals surface area contributed by atoms with Gasteiger partial charge in [-0.15, -0.1) is 0 Å². The lowest BCUT2D eigenvalue weighted by Gasteiger charge is -2.58. The molecule has 58 heavy (non-hydrogen) atoms. The van der Waals surface area contributed by atoms with Crippen molar-refractivity contribution in [2.24, 2.45) is 52.3 Å². The molecular formula is C51H88O7. The molecule has 5 aliphatic rings. The molecule has 1 saturated heterocycles. The van der Waals surface area contributed by atoms with E-state index in [2.05, 4.69) is 66.7 Å². The van der Waals surface area contributed by atoms with E-state index in [0.29, 0.717) is 47.3 Å². The summed E-state index contributed by atoms with van der Waals surface area (Å²) in [7, 11) is 0. The molecule has 7 heteroatoms. The molecule has 4 fully saturated rings. The Hall–Kier alpha value is -1.25. The van der Waals surface area contributed by atoms with Crippen LogP contribution < -0.4 is 0 Å². The number of carbonyl (C=O) groups excluding carboxylic acids is 1. The number of ether oxygens (including phenoxy) is 3. The molecule has 0 unspecified atom stereocenters. The maximum Gasteiger partial charge on any atom is 0.305 e. The molecule has 7 nitrogen and oxygen atoms in total. The number of unbranched alkanes of at least 4 members (excludes halogenated alkanes) is 12. The number of aliphatic hydroxyl groups is 3. The standard InChI is InChI=1S/C51H88O7/c1-8-10-11-12-13-14-15-16-17-18-19-20-21-22-45(52)56-34-44-46(53)47(54)48(55)49(58-44)57-39-29-31-50(6)38(33-39)25-26-40-42-28-27-41(51(42,7)32-30-43(40)50)36(5)23-24-37(9-2)35(3)4/h23-24,26,35-39,41-44,46-49,53-55H,8-22,25,27-34H2,1-7H3/b24-23+/t36-,37-,38+,39+,41-,42+,43+,44-,46-,47+,48-,49-,50+,51-/m1/s1. The fourth-order valence-corrected chi connectivity index (χ4v) is 12.7. The zero-order valence-electron chi connectivity index (χ0n) is 38.2. The summed E-state index contributed by atoms with van der Waals surface area (Å²) in [6.07, 6.45) is 28.3. The van der Waals surface area contributed by atoms with E-state index < -0.39 is 30.7 Å². The number of fused-ring (bicyclic) bond motifs is 5. The van der Waals surface area contributed by atoms with E-state index >= 15 is 0 Å². The van der Waals surface area contributed by atoms with Crippen molar-refractivity contribution in [3.8, 4) is 0 Å². The first-order chi connectivity index (χ1) is 27.8. The van der Waals surface area contributed by atoms with Crippen molar-refractivity contribution in [2.45, 2.75) is 233 Å². The highest BCUT2D eigenvalue weighted by atomic mass is 16.7. The van der Waals surface area contributed by atoms with Gasteiger partial charge in [-0.3, -0.25) is 4.79 Å². The van der Waals surface area contributed by atoms with E-state index in [1.165, 1.54) is 96.3 Å². The van der Waals surface area contributed by atoms with E-state index in [4.69, 9.17) is 14.2 Å². The normalized spacial score (nSPS) is 37.3. The van der Waals surface area contributed by atoms with E-state index in [9.17, 15) is 20.1 Å². The van der Waals surface area contributed by atoms with Crippen LogP contribution in [-0.2, 0) is 19.0 Å². The minimum atomic E-state index is -1.44. The molecule has 1 heterocycles. The van der Waals surface area contributed by atoms with Gasteiger partial charge in [-0.2, -0.15) is 0 Å². The Balaban J connectivity index is 1.05. The van der Waals surface area contributed by atoms with Crippen molar-refractivity contribution in [1.82, 2.24) is 0 Å². The Bertz CT molecular complexity index is 1300. The molecule has 0 aromatic heterocycles. The van der Waals surface area contributed by atoms with Crippen LogP contribution in [-0.4, -0.2) is 64.7 Å². The zero-order valence-corrected chi connectivity index (χ0v) is 38.2. The molecule has 0 aromatic rings.